The highest BCUT2D eigenvalue weighted by Gasteiger charge is 2.23. The summed E-state index contributed by atoms with van der Waals surface area (Å²) in [5.74, 6) is -0.914. The van der Waals surface area contributed by atoms with Gasteiger partial charge in [0.15, 0.2) is 5.78 Å². The van der Waals surface area contributed by atoms with Gasteiger partial charge in [0, 0.05) is 5.56 Å². The number of carbonyl (C=O) groups is 2. The lowest BCUT2D eigenvalue weighted by atomic mass is 10.1. The number of nitrogens with one attached hydrogen (secondary N) is 1. The summed E-state index contributed by atoms with van der Waals surface area (Å²) in [7, 11) is 3.61. The number of ketones is 1. The minimum absolute atomic E-state index is 0.123. The molecule has 0 aliphatic carbocycles. The molecule has 1 amide bonds. The minimum Gasteiger partial charge on any atom is -0.347 e. The fraction of sp³-hybridized carbons (Fsp3) is 0.222. The van der Waals surface area contributed by atoms with E-state index in [0.717, 1.165) is 5.56 Å². The molecule has 5 heteroatoms. The van der Waals surface area contributed by atoms with Crippen LogP contribution in [0.15, 0.2) is 54.6 Å². The summed E-state index contributed by atoms with van der Waals surface area (Å²) in [5.41, 5.74) is 1.22. The summed E-state index contributed by atoms with van der Waals surface area (Å²) in [6.45, 7) is -0.123. The molecule has 0 fully saturated rings. The molecule has 120 valence electrons. The fourth-order valence-electron chi connectivity index (χ4n) is 2.32. The molecule has 0 saturated carbocycles. The molecule has 0 saturated heterocycles. The zero-order chi connectivity index (χ0) is 16.8. The highest BCUT2D eigenvalue weighted by atomic mass is 19.1. The summed E-state index contributed by atoms with van der Waals surface area (Å²) < 4.78 is 12.9. The van der Waals surface area contributed by atoms with Crippen LogP contribution < -0.4 is 5.32 Å². The molecule has 2 aromatic rings. The van der Waals surface area contributed by atoms with Gasteiger partial charge in [0.2, 0.25) is 5.91 Å². The average Bonchev–Trinajstić information content (AvgIpc) is 2.54. The molecule has 1 unspecified atom stereocenters. The van der Waals surface area contributed by atoms with Crippen molar-refractivity contribution in [3.63, 3.8) is 0 Å². The largest absolute Gasteiger partial charge is 0.347 e. The van der Waals surface area contributed by atoms with Crippen molar-refractivity contribution in [1.82, 2.24) is 10.2 Å². The van der Waals surface area contributed by atoms with E-state index in [9.17, 15) is 14.0 Å². The molecule has 1 atom stereocenters. The van der Waals surface area contributed by atoms with Gasteiger partial charge >= 0.3 is 0 Å². The van der Waals surface area contributed by atoms with E-state index < -0.39 is 11.9 Å². The highest BCUT2D eigenvalue weighted by molar-refractivity contribution is 5.99. The summed E-state index contributed by atoms with van der Waals surface area (Å²) in [6.07, 6.45) is 0. The third kappa shape index (κ3) is 4.47. The van der Waals surface area contributed by atoms with Crippen molar-refractivity contribution in [2.75, 3.05) is 20.6 Å². The van der Waals surface area contributed by atoms with Crippen molar-refractivity contribution >= 4 is 11.7 Å². The number of halogens is 1. The molecule has 0 heterocycles. The van der Waals surface area contributed by atoms with Gasteiger partial charge in [-0.25, -0.2) is 4.39 Å². The number of benzene rings is 2. The third-order valence-electron chi connectivity index (χ3n) is 3.47. The normalized spacial score (nSPS) is 12.0. The second kappa shape index (κ2) is 7.65. The lowest BCUT2D eigenvalue weighted by molar-refractivity contribution is -0.125. The van der Waals surface area contributed by atoms with Gasteiger partial charge in [-0.2, -0.15) is 0 Å². The maximum atomic E-state index is 12.9. The van der Waals surface area contributed by atoms with Crippen LogP contribution in [0.4, 0.5) is 4.39 Å². The van der Waals surface area contributed by atoms with Crippen LogP contribution in [0.5, 0.6) is 0 Å². The van der Waals surface area contributed by atoms with Gasteiger partial charge < -0.3 is 5.32 Å². The standard InChI is InChI=1S/C18H19FN2O2/c1-21(2)17(14-6-4-3-5-7-14)18(23)20-12-16(22)13-8-10-15(19)11-9-13/h3-11,17H,12H2,1-2H3,(H,20,23). The van der Waals surface area contributed by atoms with Crippen molar-refractivity contribution in [3.8, 4) is 0 Å². The molecule has 0 spiro atoms. The van der Waals surface area contributed by atoms with E-state index in [-0.39, 0.29) is 18.2 Å². The van der Waals surface area contributed by atoms with Gasteiger partial charge in [-0.15, -0.1) is 0 Å². The molecular formula is C18H19FN2O2. The number of rotatable bonds is 6. The van der Waals surface area contributed by atoms with Gasteiger partial charge in [-0.1, -0.05) is 30.3 Å². The number of likely N-dealkylation sites (N-methyl/N-ethyl adjacent to an activating group) is 1. The zero-order valence-corrected chi connectivity index (χ0v) is 13.1. The summed E-state index contributed by atoms with van der Waals surface area (Å²) in [5, 5.41) is 2.65. The first kappa shape index (κ1) is 16.8. The van der Waals surface area contributed by atoms with Crippen LogP contribution in [0.2, 0.25) is 0 Å². The Balaban J connectivity index is 2.02. The van der Waals surface area contributed by atoms with Crippen molar-refractivity contribution in [1.29, 1.82) is 0 Å². The Hall–Kier alpha value is -2.53. The van der Waals surface area contributed by atoms with E-state index in [4.69, 9.17) is 0 Å². The van der Waals surface area contributed by atoms with E-state index in [0.29, 0.717) is 5.56 Å². The van der Waals surface area contributed by atoms with Crippen LogP contribution >= 0.6 is 0 Å². The number of carbonyl (C=O) groups excluding carboxylic acids is 2. The maximum Gasteiger partial charge on any atom is 0.242 e. The maximum absolute atomic E-state index is 12.9. The smallest absolute Gasteiger partial charge is 0.242 e. The molecule has 1 N–H and O–H groups in total. The van der Waals surface area contributed by atoms with Crippen LogP contribution in [0.25, 0.3) is 0 Å². The first-order valence-electron chi connectivity index (χ1n) is 7.27. The Kier molecular flexibility index (Phi) is 5.60. The quantitative estimate of drug-likeness (QED) is 0.833. The zero-order valence-electron chi connectivity index (χ0n) is 13.1. The van der Waals surface area contributed by atoms with E-state index in [2.05, 4.69) is 5.32 Å². The van der Waals surface area contributed by atoms with Crippen LogP contribution in [0, 0.1) is 5.82 Å². The van der Waals surface area contributed by atoms with Crippen LogP contribution in [-0.2, 0) is 4.79 Å². The first-order chi connectivity index (χ1) is 11.0. The van der Waals surface area contributed by atoms with Crippen LogP contribution in [0.1, 0.15) is 22.0 Å². The molecule has 23 heavy (non-hydrogen) atoms. The van der Waals surface area contributed by atoms with E-state index in [1.807, 2.05) is 30.3 Å². The van der Waals surface area contributed by atoms with Crippen LogP contribution in [-0.4, -0.2) is 37.2 Å². The van der Waals surface area contributed by atoms with Gasteiger partial charge in [-0.3, -0.25) is 14.5 Å². The van der Waals surface area contributed by atoms with E-state index in [1.54, 1.807) is 19.0 Å². The number of amides is 1. The number of nitrogens with zero attached hydrogens (tertiary/aromatic N) is 1. The second-order valence-electron chi connectivity index (χ2n) is 5.42. The Morgan fingerprint density at radius 2 is 1.65 bits per heavy atom. The van der Waals surface area contributed by atoms with Gasteiger partial charge in [0.25, 0.3) is 0 Å². The first-order valence-corrected chi connectivity index (χ1v) is 7.27. The fourth-order valence-corrected chi connectivity index (χ4v) is 2.32. The van der Waals surface area contributed by atoms with Gasteiger partial charge in [-0.05, 0) is 43.9 Å². The molecule has 0 radical (unpaired) electrons. The molecular weight excluding hydrogens is 295 g/mol. The SMILES string of the molecule is CN(C)C(C(=O)NCC(=O)c1ccc(F)cc1)c1ccccc1. The Labute approximate surface area is 134 Å². The molecule has 0 aromatic heterocycles. The average molecular weight is 314 g/mol. The summed E-state index contributed by atoms with van der Waals surface area (Å²) in [6, 6.07) is 14.1. The minimum atomic E-state index is -0.475. The monoisotopic (exact) mass is 314 g/mol. The predicted molar refractivity (Wildman–Crippen MR) is 86.6 cm³/mol. The van der Waals surface area contributed by atoms with Gasteiger partial charge in [0.1, 0.15) is 11.9 Å². The number of Topliss-reactive ketones (excluding diaryl/α,β-unsaturated/α-hetero) is 1. The lowest BCUT2D eigenvalue weighted by Gasteiger charge is -2.23. The summed E-state index contributed by atoms with van der Waals surface area (Å²) >= 11 is 0. The number of hydrogen-bond donors (Lipinski definition) is 1. The Bertz CT molecular complexity index is 669. The van der Waals surface area contributed by atoms with Crippen molar-refractivity contribution in [3.05, 3.63) is 71.5 Å². The van der Waals surface area contributed by atoms with Crippen molar-refractivity contribution in [2.45, 2.75) is 6.04 Å². The van der Waals surface area contributed by atoms with Crippen molar-refractivity contribution in [2.24, 2.45) is 0 Å². The van der Waals surface area contributed by atoms with E-state index >= 15 is 0 Å². The molecule has 2 aromatic carbocycles. The number of hydrogen-bond acceptors (Lipinski definition) is 3. The molecule has 0 bridgehead atoms. The molecule has 0 aliphatic heterocycles. The highest BCUT2D eigenvalue weighted by Crippen LogP contribution is 2.17. The van der Waals surface area contributed by atoms with Crippen molar-refractivity contribution < 1.29 is 14.0 Å². The predicted octanol–water partition coefficient (Wildman–Crippen LogP) is 2.43. The molecule has 0 aliphatic rings. The Morgan fingerprint density at radius 1 is 1.04 bits per heavy atom. The second-order valence-corrected chi connectivity index (χ2v) is 5.42. The summed E-state index contributed by atoms with van der Waals surface area (Å²) in [4.78, 5) is 26.2. The Morgan fingerprint density at radius 3 is 2.22 bits per heavy atom. The molecule has 4 nitrogen and oxygen atoms in total. The van der Waals surface area contributed by atoms with Gasteiger partial charge in [0.05, 0.1) is 6.54 Å². The van der Waals surface area contributed by atoms with Crippen LogP contribution in [0.3, 0.4) is 0 Å². The topological polar surface area (TPSA) is 49.4 Å². The lowest BCUT2D eigenvalue weighted by Crippen LogP contribution is -2.39. The van der Waals surface area contributed by atoms with E-state index in [1.165, 1.54) is 24.3 Å². The molecule has 2 rings (SSSR count). The third-order valence-corrected chi connectivity index (χ3v) is 3.47.